The predicted molar refractivity (Wildman–Crippen MR) is 80.4 cm³/mol. The van der Waals surface area contributed by atoms with Crippen LogP contribution in [-0.4, -0.2) is 24.5 Å². The van der Waals surface area contributed by atoms with Crippen molar-refractivity contribution in [3.8, 4) is 0 Å². The Morgan fingerprint density at radius 1 is 1.28 bits per heavy atom. The van der Waals surface area contributed by atoms with Crippen LogP contribution in [0, 0.1) is 5.92 Å². The largest absolute Gasteiger partial charge is 0.328 e. The van der Waals surface area contributed by atoms with Crippen LogP contribution < -0.4 is 5.73 Å². The molecule has 0 saturated heterocycles. The van der Waals surface area contributed by atoms with Gasteiger partial charge in [0.15, 0.2) is 0 Å². The molecule has 0 unspecified atom stereocenters. The monoisotopic (exact) mass is 310 g/mol. The molecule has 0 heterocycles. The quantitative estimate of drug-likeness (QED) is 0.923. The van der Waals surface area contributed by atoms with Gasteiger partial charge in [-0.25, -0.2) is 0 Å². The molecule has 1 aliphatic carbocycles. The number of hydrogen-bond acceptors (Lipinski definition) is 2. The number of nitrogens with zero attached hydrogens (tertiary/aromatic N) is 1. The van der Waals surface area contributed by atoms with Crippen molar-refractivity contribution in [1.82, 2.24) is 4.90 Å². The normalized spacial score (nSPS) is 24.4. The van der Waals surface area contributed by atoms with Gasteiger partial charge in [-0.15, -0.1) is 0 Å². The highest BCUT2D eigenvalue weighted by Gasteiger charge is 2.19. The molecule has 0 aromatic heterocycles. The molecule has 0 aliphatic heterocycles. The fourth-order valence-corrected chi connectivity index (χ4v) is 3.27. The Morgan fingerprint density at radius 3 is 2.67 bits per heavy atom. The standard InChI is InChI=1S/C15H23BrN2/c1-18(10-12-5-7-15(17)8-6-12)11-13-3-2-4-14(16)9-13/h2-4,9,12,15H,5-8,10-11,17H2,1H3. The summed E-state index contributed by atoms with van der Waals surface area (Å²) in [5, 5.41) is 0. The van der Waals surface area contributed by atoms with Gasteiger partial charge in [0, 0.05) is 23.6 Å². The van der Waals surface area contributed by atoms with E-state index in [9.17, 15) is 0 Å². The van der Waals surface area contributed by atoms with Gasteiger partial charge < -0.3 is 10.6 Å². The van der Waals surface area contributed by atoms with E-state index in [0.717, 1.165) is 16.9 Å². The molecule has 2 N–H and O–H groups in total. The number of rotatable bonds is 4. The Kier molecular flexibility index (Phi) is 5.22. The maximum absolute atomic E-state index is 5.95. The van der Waals surface area contributed by atoms with Gasteiger partial charge in [-0.2, -0.15) is 0 Å². The van der Waals surface area contributed by atoms with Gasteiger partial charge in [0.05, 0.1) is 0 Å². The first-order chi connectivity index (χ1) is 8.63. The van der Waals surface area contributed by atoms with Crippen molar-refractivity contribution in [2.75, 3.05) is 13.6 Å². The van der Waals surface area contributed by atoms with Crippen LogP contribution in [0.25, 0.3) is 0 Å². The van der Waals surface area contributed by atoms with Gasteiger partial charge >= 0.3 is 0 Å². The number of hydrogen-bond donors (Lipinski definition) is 1. The Hall–Kier alpha value is -0.380. The molecule has 100 valence electrons. The van der Waals surface area contributed by atoms with E-state index in [2.05, 4.69) is 52.1 Å². The zero-order chi connectivity index (χ0) is 13.0. The van der Waals surface area contributed by atoms with Crippen LogP contribution in [-0.2, 0) is 6.54 Å². The van der Waals surface area contributed by atoms with E-state index in [1.807, 2.05) is 0 Å². The first-order valence-electron chi connectivity index (χ1n) is 6.82. The Morgan fingerprint density at radius 2 is 2.00 bits per heavy atom. The molecule has 1 saturated carbocycles. The Labute approximate surface area is 119 Å². The van der Waals surface area contributed by atoms with Crippen LogP contribution in [0.3, 0.4) is 0 Å². The molecule has 0 atom stereocenters. The van der Waals surface area contributed by atoms with Crippen LogP contribution >= 0.6 is 15.9 Å². The van der Waals surface area contributed by atoms with E-state index in [-0.39, 0.29) is 0 Å². The third kappa shape index (κ3) is 4.38. The summed E-state index contributed by atoms with van der Waals surface area (Å²) in [4.78, 5) is 2.43. The maximum Gasteiger partial charge on any atom is 0.0231 e. The third-order valence-electron chi connectivity index (χ3n) is 3.80. The lowest BCUT2D eigenvalue weighted by Crippen LogP contribution is -2.32. The van der Waals surface area contributed by atoms with Crippen LogP contribution in [0.2, 0.25) is 0 Å². The summed E-state index contributed by atoms with van der Waals surface area (Å²) in [6.45, 7) is 2.22. The molecule has 1 aromatic carbocycles. The maximum atomic E-state index is 5.95. The van der Waals surface area contributed by atoms with E-state index in [0.29, 0.717) is 6.04 Å². The first-order valence-corrected chi connectivity index (χ1v) is 7.61. The smallest absolute Gasteiger partial charge is 0.0231 e. The Bertz CT molecular complexity index is 373. The highest BCUT2D eigenvalue weighted by atomic mass is 79.9. The molecule has 18 heavy (non-hydrogen) atoms. The van der Waals surface area contributed by atoms with Gasteiger partial charge in [-0.05, 0) is 56.3 Å². The second-order valence-electron chi connectivity index (χ2n) is 5.61. The average molecular weight is 311 g/mol. The summed E-state index contributed by atoms with van der Waals surface area (Å²) in [6, 6.07) is 9.03. The fourth-order valence-electron chi connectivity index (χ4n) is 2.82. The summed E-state index contributed by atoms with van der Waals surface area (Å²) >= 11 is 3.52. The van der Waals surface area contributed by atoms with Crippen molar-refractivity contribution in [2.45, 2.75) is 38.3 Å². The number of benzene rings is 1. The van der Waals surface area contributed by atoms with Crippen molar-refractivity contribution in [3.63, 3.8) is 0 Å². The van der Waals surface area contributed by atoms with E-state index >= 15 is 0 Å². The van der Waals surface area contributed by atoms with Crippen molar-refractivity contribution in [2.24, 2.45) is 11.7 Å². The zero-order valence-corrected chi connectivity index (χ0v) is 12.7. The van der Waals surface area contributed by atoms with Gasteiger partial charge in [-0.3, -0.25) is 0 Å². The minimum Gasteiger partial charge on any atom is -0.328 e. The fraction of sp³-hybridized carbons (Fsp3) is 0.600. The molecule has 0 spiro atoms. The second-order valence-corrected chi connectivity index (χ2v) is 6.52. The van der Waals surface area contributed by atoms with Gasteiger partial charge in [-0.1, -0.05) is 28.1 Å². The molecule has 0 amide bonds. The molecule has 1 aromatic rings. The molecule has 1 aliphatic rings. The minimum atomic E-state index is 0.455. The lowest BCUT2D eigenvalue weighted by molar-refractivity contribution is 0.219. The molecule has 0 bridgehead atoms. The molecule has 3 heteroatoms. The lowest BCUT2D eigenvalue weighted by atomic mass is 9.86. The van der Waals surface area contributed by atoms with E-state index < -0.39 is 0 Å². The van der Waals surface area contributed by atoms with Crippen LogP contribution in [0.4, 0.5) is 0 Å². The van der Waals surface area contributed by atoms with Crippen LogP contribution in [0.1, 0.15) is 31.2 Å². The summed E-state index contributed by atoms with van der Waals surface area (Å²) in [5.41, 5.74) is 7.32. The number of halogens is 1. The van der Waals surface area contributed by atoms with Gasteiger partial charge in [0.1, 0.15) is 0 Å². The second kappa shape index (κ2) is 6.69. The molecule has 2 nitrogen and oxygen atoms in total. The molecular formula is C15H23BrN2. The molecular weight excluding hydrogens is 288 g/mol. The Balaban J connectivity index is 1.80. The highest BCUT2D eigenvalue weighted by molar-refractivity contribution is 9.10. The van der Waals surface area contributed by atoms with Crippen molar-refractivity contribution in [1.29, 1.82) is 0 Å². The average Bonchev–Trinajstić information content (AvgIpc) is 2.32. The molecule has 2 rings (SSSR count). The highest BCUT2D eigenvalue weighted by Crippen LogP contribution is 2.24. The summed E-state index contributed by atoms with van der Waals surface area (Å²) in [6.07, 6.45) is 5.00. The summed E-state index contributed by atoms with van der Waals surface area (Å²) in [7, 11) is 2.22. The lowest BCUT2D eigenvalue weighted by Gasteiger charge is -2.29. The summed E-state index contributed by atoms with van der Waals surface area (Å²) < 4.78 is 1.16. The van der Waals surface area contributed by atoms with E-state index in [1.165, 1.54) is 37.8 Å². The SMILES string of the molecule is CN(Cc1cccc(Br)c1)CC1CCC(N)CC1. The predicted octanol–water partition coefficient (Wildman–Crippen LogP) is 3.40. The number of nitrogens with two attached hydrogens (primary N) is 1. The van der Waals surface area contributed by atoms with Crippen LogP contribution in [0.15, 0.2) is 28.7 Å². The van der Waals surface area contributed by atoms with Gasteiger partial charge in [0.2, 0.25) is 0 Å². The van der Waals surface area contributed by atoms with Crippen molar-refractivity contribution in [3.05, 3.63) is 34.3 Å². The molecule has 0 radical (unpaired) electrons. The summed E-state index contributed by atoms with van der Waals surface area (Å²) in [5.74, 6) is 0.835. The molecule has 1 fully saturated rings. The third-order valence-corrected chi connectivity index (χ3v) is 4.30. The van der Waals surface area contributed by atoms with E-state index in [4.69, 9.17) is 5.73 Å². The van der Waals surface area contributed by atoms with Crippen molar-refractivity contribution < 1.29 is 0 Å². The zero-order valence-electron chi connectivity index (χ0n) is 11.1. The first kappa shape index (κ1) is 14.0. The minimum absolute atomic E-state index is 0.455. The van der Waals surface area contributed by atoms with Crippen molar-refractivity contribution >= 4 is 15.9 Å². The topological polar surface area (TPSA) is 29.3 Å². The van der Waals surface area contributed by atoms with Gasteiger partial charge in [0.25, 0.3) is 0 Å². The van der Waals surface area contributed by atoms with E-state index in [1.54, 1.807) is 0 Å². The van der Waals surface area contributed by atoms with Crippen LogP contribution in [0.5, 0.6) is 0 Å².